The predicted molar refractivity (Wildman–Crippen MR) is 71.0 cm³/mol. The molecule has 0 radical (unpaired) electrons. The number of ether oxygens (including phenoxy) is 1. The van der Waals surface area contributed by atoms with Crippen LogP contribution >= 0.6 is 0 Å². The molecule has 2 aliphatic rings. The summed E-state index contributed by atoms with van der Waals surface area (Å²) in [5.74, 6) is -1.79. The van der Waals surface area contributed by atoms with Crippen molar-refractivity contribution < 1.29 is 18.0 Å². The van der Waals surface area contributed by atoms with Crippen LogP contribution in [0.1, 0.15) is 68.6 Å². The monoisotopic (exact) mass is 301 g/mol. The zero-order chi connectivity index (χ0) is 14.9. The summed E-state index contributed by atoms with van der Waals surface area (Å²) in [6.45, 7) is 0.367. The van der Waals surface area contributed by atoms with Crippen LogP contribution in [-0.4, -0.2) is 28.8 Å². The van der Waals surface area contributed by atoms with Crippen LogP contribution in [0.5, 0.6) is 0 Å². The lowest BCUT2D eigenvalue weighted by molar-refractivity contribution is -0.0402. The maximum Gasteiger partial charge on any atom is 0.248 e. The second-order valence-electron chi connectivity index (χ2n) is 6.11. The van der Waals surface area contributed by atoms with Crippen molar-refractivity contribution in [1.29, 1.82) is 0 Å². The van der Waals surface area contributed by atoms with Gasteiger partial charge in [0.05, 0.1) is 18.8 Å². The lowest BCUT2D eigenvalue weighted by Gasteiger charge is -2.26. The average Bonchev–Trinajstić information content (AvgIpc) is 2.86. The lowest BCUT2D eigenvalue weighted by Crippen LogP contribution is -2.27. The number of halogens is 2. The Kier molecular flexibility index (Phi) is 4.21. The minimum Gasteiger partial charge on any atom is -0.376 e. The third-order valence-corrected chi connectivity index (χ3v) is 4.42. The number of nitrogens with two attached hydrogens (primary N) is 1. The maximum atomic E-state index is 13.1. The van der Waals surface area contributed by atoms with Crippen LogP contribution in [0.3, 0.4) is 0 Å². The molecule has 5 nitrogen and oxygen atoms in total. The number of hydrogen-bond donors (Lipinski definition) is 1. The van der Waals surface area contributed by atoms with E-state index in [9.17, 15) is 8.78 Å². The van der Waals surface area contributed by atoms with Crippen molar-refractivity contribution in [3.05, 3.63) is 11.7 Å². The fourth-order valence-corrected chi connectivity index (χ4v) is 2.70. The van der Waals surface area contributed by atoms with Crippen molar-refractivity contribution in [3.63, 3.8) is 0 Å². The topological polar surface area (TPSA) is 74.2 Å². The third-order valence-electron chi connectivity index (χ3n) is 4.42. The molecule has 21 heavy (non-hydrogen) atoms. The van der Waals surface area contributed by atoms with Gasteiger partial charge in [0.25, 0.3) is 0 Å². The van der Waals surface area contributed by atoms with Gasteiger partial charge in [-0.2, -0.15) is 4.98 Å². The summed E-state index contributed by atoms with van der Waals surface area (Å²) in [6.07, 6.45) is 4.20. The van der Waals surface area contributed by atoms with Gasteiger partial charge in [0.1, 0.15) is 0 Å². The molecule has 1 unspecified atom stereocenters. The van der Waals surface area contributed by atoms with Gasteiger partial charge < -0.3 is 15.0 Å². The van der Waals surface area contributed by atoms with E-state index in [0.717, 1.165) is 12.8 Å². The Hall–Kier alpha value is -1.08. The van der Waals surface area contributed by atoms with Gasteiger partial charge in [-0.1, -0.05) is 5.16 Å². The molecule has 0 aromatic carbocycles. The molecular weight excluding hydrogens is 280 g/mol. The molecule has 1 aromatic rings. The molecule has 2 saturated carbocycles. The first-order chi connectivity index (χ1) is 10.0. The molecule has 0 amide bonds. The summed E-state index contributed by atoms with van der Waals surface area (Å²) in [7, 11) is 0. The van der Waals surface area contributed by atoms with Crippen molar-refractivity contribution in [2.24, 2.45) is 5.73 Å². The fourth-order valence-electron chi connectivity index (χ4n) is 2.70. The second kappa shape index (κ2) is 5.96. The van der Waals surface area contributed by atoms with Crippen LogP contribution in [0.15, 0.2) is 4.52 Å². The summed E-state index contributed by atoms with van der Waals surface area (Å²) in [5, 5.41) is 3.87. The lowest BCUT2D eigenvalue weighted by atomic mass is 9.87. The van der Waals surface area contributed by atoms with E-state index in [1.54, 1.807) is 0 Å². The van der Waals surface area contributed by atoms with Gasteiger partial charge in [0.2, 0.25) is 11.8 Å². The van der Waals surface area contributed by atoms with E-state index in [1.165, 1.54) is 6.42 Å². The van der Waals surface area contributed by atoms with Gasteiger partial charge in [0, 0.05) is 18.8 Å². The smallest absolute Gasteiger partial charge is 0.248 e. The van der Waals surface area contributed by atoms with Crippen molar-refractivity contribution in [1.82, 2.24) is 10.1 Å². The van der Waals surface area contributed by atoms with Crippen molar-refractivity contribution in [2.75, 3.05) is 6.61 Å². The predicted octanol–water partition coefficient (Wildman–Crippen LogP) is 2.93. The SMILES string of the molecule is NC(COC1CCC1)c1noc(C2CCC(F)(F)CC2)n1. The quantitative estimate of drug-likeness (QED) is 0.905. The van der Waals surface area contributed by atoms with Crippen LogP contribution in [0.25, 0.3) is 0 Å². The Labute approximate surface area is 122 Å². The Morgan fingerprint density at radius 2 is 2.00 bits per heavy atom. The van der Waals surface area contributed by atoms with Crippen molar-refractivity contribution in [3.8, 4) is 0 Å². The highest BCUT2D eigenvalue weighted by Crippen LogP contribution is 2.40. The highest BCUT2D eigenvalue weighted by molar-refractivity contribution is 5.00. The van der Waals surface area contributed by atoms with Crippen LogP contribution in [0.4, 0.5) is 8.78 Å². The normalized spacial score (nSPS) is 24.7. The largest absolute Gasteiger partial charge is 0.376 e. The standard InChI is InChI=1S/C14H21F2N3O2/c15-14(16)6-4-9(5-7-14)13-18-12(19-21-13)11(17)8-20-10-2-1-3-10/h9-11H,1-8,17H2. The minimum absolute atomic E-state index is 0.0781. The van der Waals surface area contributed by atoms with Crippen LogP contribution < -0.4 is 5.73 Å². The van der Waals surface area contributed by atoms with Gasteiger partial charge in [-0.05, 0) is 32.1 Å². The molecular formula is C14H21F2N3O2. The van der Waals surface area contributed by atoms with E-state index < -0.39 is 12.0 Å². The van der Waals surface area contributed by atoms with Crippen LogP contribution in [0, 0.1) is 0 Å². The molecule has 1 atom stereocenters. The highest BCUT2D eigenvalue weighted by atomic mass is 19.3. The molecule has 1 heterocycles. The Morgan fingerprint density at radius 3 is 2.62 bits per heavy atom. The molecule has 0 saturated heterocycles. The van der Waals surface area contributed by atoms with Gasteiger partial charge in [-0.25, -0.2) is 8.78 Å². The molecule has 2 fully saturated rings. The summed E-state index contributed by atoms with van der Waals surface area (Å²) in [6, 6.07) is -0.423. The van der Waals surface area contributed by atoms with Crippen LogP contribution in [0.2, 0.25) is 0 Å². The molecule has 2 aliphatic carbocycles. The summed E-state index contributed by atoms with van der Waals surface area (Å²) < 4.78 is 37.1. The third kappa shape index (κ3) is 3.58. The number of rotatable bonds is 5. The van der Waals surface area contributed by atoms with Gasteiger partial charge in [0.15, 0.2) is 5.82 Å². The van der Waals surface area contributed by atoms with E-state index >= 15 is 0 Å². The Balaban J connectivity index is 1.53. The van der Waals surface area contributed by atoms with E-state index in [2.05, 4.69) is 10.1 Å². The number of aromatic nitrogens is 2. The van der Waals surface area contributed by atoms with Gasteiger partial charge in [-0.15, -0.1) is 0 Å². The Morgan fingerprint density at radius 1 is 1.29 bits per heavy atom. The molecule has 118 valence electrons. The van der Waals surface area contributed by atoms with Gasteiger partial charge >= 0.3 is 0 Å². The second-order valence-corrected chi connectivity index (χ2v) is 6.11. The van der Waals surface area contributed by atoms with Crippen molar-refractivity contribution >= 4 is 0 Å². The molecule has 2 N–H and O–H groups in total. The number of nitrogens with zero attached hydrogens (tertiary/aromatic N) is 2. The molecule has 3 rings (SSSR count). The van der Waals surface area contributed by atoms with E-state index in [1.807, 2.05) is 0 Å². The zero-order valence-electron chi connectivity index (χ0n) is 11.9. The molecule has 0 spiro atoms. The van der Waals surface area contributed by atoms with E-state index in [-0.39, 0.29) is 18.8 Å². The molecule has 0 aliphatic heterocycles. The fraction of sp³-hybridized carbons (Fsp3) is 0.857. The van der Waals surface area contributed by atoms with E-state index in [4.69, 9.17) is 15.0 Å². The summed E-state index contributed by atoms with van der Waals surface area (Å²) >= 11 is 0. The summed E-state index contributed by atoms with van der Waals surface area (Å²) in [5.41, 5.74) is 5.98. The minimum atomic E-state index is -2.55. The Bertz CT molecular complexity index is 467. The first-order valence-electron chi connectivity index (χ1n) is 7.62. The zero-order valence-corrected chi connectivity index (χ0v) is 11.9. The molecule has 0 bridgehead atoms. The highest BCUT2D eigenvalue weighted by Gasteiger charge is 2.37. The van der Waals surface area contributed by atoms with Crippen molar-refractivity contribution in [2.45, 2.75) is 68.9 Å². The first kappa shape index (κ1) is 14.8. The average molecular weight is 301 g/mol. The first-order valence-corrected chi connectivity index (χ1v) is 7.62. The molecule has 7 heteroatoms. The van der Waals surface area contributed by atoms with E-state index in [0.29, 0.717) is 37.3 Å². The number of hydrogen-bond acceptors (Lipinski definition) is 5. The maximum absolute atomic E-state index is 13.1. The van der Waals surface area contributed by atoms with Crippen LogP contribution in [-0.2, 0) is 4.74 Å². The van der Waals surface area contributed by atoms with Gasteiger partial charge in [-0.3, -0.25) is 0 Å². The number of alkyl halides is 2. The summed E-state index contributed by atoms with van der Waals surface area (Å²) in [4.78, 5) is 4.28. The molecule has 1 aromatic heterocycles.